The fourth-order valence-electron chi connectivity index (χ4n) is 4.54. The molecular weight excluding hydrogens is 532 g/mol. The molecule has 2 aromatic carbocycles. The van der Waals surface area contributed by atoms with Crippen molar-refractivity contribution in [3.63, 3.8) is 0 Å². The van der Waals surface area contributed by atoms with Crippen LogP contribution in [0.5, 0.6) is 5.75 Å². The van der Waals surface area contributed by atoms with Crippen LogP contribution in [0.2, 0.25) is 0 Å². The molecule has 0 radical (unpaired) electrons. The number of Topliss-reactive ketones (excluding diaryl/α,β-unsaturated/α-hetero) is 1. The highest BCUT2D eigenvalue weighted by atomic mass is 32.2. The van der Waals surface area contributed by atoms with Crippen LogP contribution in [0.3, 0.4) is 0 Å². The molecule has 38 heavy (non-hydrogen) atoms. The number of anilines is 2. The van der Waals surface area contributed by atoms with Crippen molar-refractivity contribution in [2.24, 2.45) is 10.3 Å². The van der Waals surface area contributed by atoms with Crippen molar-refractivity contribution in [2.45, 2.75) is 50.8 Å². The molecule has 2 aromatic rings. The molecule has 0 aromatic heterocycles. The molecule has 1 aliphatic carbocycles. The normalized spacial score (nSPS) is 19.2. The summed E-state index contributed by atoms with van der Waals surface area (Å²) >= 11 is 0.773. The lowest BCUT2D eigenvalue weighted by atomic mass is 9.66. The highest BCUT2D eigenvalue weighted by molar-refractivity contribution is 7.98. The maximum absolute atomic E-state index is 14.0. The SMILES string of the molecule is CC(=O)NS(=O)(=O)Nc1cc(O)c2c(c1)SN=C(C1=C(O)c3ccccc3C(C)(CCC(C)C)C1=O)N2O. The van der Waals surface area contributed by atoms with Gasteiger partial charge in [0.25, 0.3) is 0 Å². The average Bonchev–Trinajstić information content (AvgIpc) is 2.81. The highest BCUT2D eigenvalue weighted by Gasteiger charge is 2.47. The summed E-state index contributed by atoms with van der Waals surface area (Å²) in [6, 6.07) is 9.37. The Morgan fingerprint density at radius 1 is 1.21 bits per heavy atom. The van der Waals surface area contributed by atoms with Gasteiger partial charge < -0.3 is 10.2 Å². The smallest absolute Gasteiger partial charge is 0.323 e. The first-order valence-electron chi connectivity index (χ1n) is 11.8. The van der Waals surface area contributed by atoms with E-state index < -0.39 is 33.1 Å². The van der Waals surface area contributed by atoms with Crippen LogP contribution < -0.4 is 14.5 Å². The Morgan fingerprint density at radius 2 is 1.89 bits per heavy atom. The molecule has 0 bridgehead atoms. The van der Waals surface area contributed by atoms with E-state index in [4.69, 9.17) is 0 Å². The van der Waals surface area contributed by atoms with Crippen molar-refractivity contribution < 1.29 is 33.4 Å². The number of carbonyl (C=O) groups excluding carboxylic acids is 2. The lowest BCUT2D eigenvalue weighted by molar-refractivity contribution is -0.120. The molecule has 1 aliphatic heterocycles. The Labute approximate surface area is 224 Å². The predicted octanol–water partition coefficient (Wildman–Crippen LogP) is 4.05. The van der Waals surface area contributed by atoms with Crippen molar-refractivity contribution >= 4 is 56.8 Å². The minimum Gasteiger partial charge on any atom is -0.506 e. The zero-order valence-electron chi connectivity index (χ0n) is 21.1. The van der Waals surface area contributed by atoms with E-state index in [-0.39, 0.29) is 33.4 Å². The second kappa shape index (κ2) is 9.97. The minimum atomic E-state index is -4.25. The van der Waals surface area contributed by atoms with Crippen LogP contribution in [0.4, 0.5) is 11.4 Å². The third-order valence-electron chi connectivity index (χ3n) is 6.41. The van der Waals surface area contributed by atoms with Crippen LogP contribution in [0.1, 0.15) is 51.7 Å². The Morgan fingerprint density at radius 3 is 2.55 bits per heavy atom. The summed E-state index contributed by atoms with van der Waals surface area (Å²) in [7, 11) is -4.25. The van der Waals surface area contributed by atoms with Crippen LogP contribution in [-0.2, 0) is 25.2 Å². The van der Waals surface area contributed by atoms with Gasteiger partial charge in [0.05, 0.1) is 16.0 Å². The Bertz CT molecular complexity index is 1500. The zero-order chi connectivity index (χ0) is 28.0. The number of amides is 1. The predicted molar refractivity (Wildman–Crippen MR) is 144 cm³/mol. The summed E-state index contributed by atoms with van der Waals surface area (Å²) in [5.41, 5.74) is -0.304. The molecule has 0 spiro atoms. The number of aromatic hydroxyl groups is 1. The number of hydroxylamine groups is 1. The van der Waals surface area contributed by atoms with Gasteiger partial charge in [-0.15, -0.1) is 0 Å². The first-order chi connectivity index (χ1) is 17.7. The quantitative estimate of drug-likeness (QED) is 0.314. The number of benzene rings is 2. The van der Waals surface area contributed by atoms with E-state index in [1.165, 1.54) is 6.07 Å². The molecule has 202 valence electrons. The number of hydrogen-bond donors (Lipinski definition) is 5. The van der Waals surface area contributed by atoms with E-state index >= 15 is 0 Å². The van der Waals surface area contributed by atoms with E-state index in [9.17, 15) is 33.4 Å². The summed E-state index contributed by atoms with van der Waals surface area (Å²) in [5.74, 6) is -2.04. The third kappa shape index (κ3) is 4.96. The van der Waals surface area contributed by atoms with Gasteiger partial charge in [0.15, 0.2) is 11.6 Å². The second-order valence-electron chi connectivity index (χ2n) is 9.79. The van der Waals surface area contributed by atoms with Gasteiger partial charge >= 0.3 is 10.2 Å². The lowest BCUT2D eigenvalue weighted by Crippen LogP contribution is -2.44. The molecule has 0 saturated heterocycles. The molecule has 13 heteroatoms. The number of ketones is 1. The number of nitrogens with zero attached hydrogens (tertiary/aromatic N) is 2. The van der Waals surface area contributed by atoms with Gasteiger partial charge in [0.1, 0.15) is 22.8 Å². The van der Waals surface area contributed by atoms with Gasteiger partial charge in [-0.25, -0.2) is 4.72 Å². The van der Waals surface area contributed by atoms with Crippen LogP contribution in [0, 0.1) is 5.92 Å². The van der Waals surface area contributed by atoms with Crippen molar-refractivity contribution in [1.29, 1.82) is 0 Å². The monoisotopic (exact) mass is 560 g/mol. The van der Waals surface area contributed by atoms with Crippen LogP contribution >= 0.6 is 11.9 Å². The topological polar surface area (TPSA) is 169 Å². The Hall–Kier alpha value is -3.55. The number of fused-ring (bicyclic) bond motifs is 2. The average molecular weight is 561 g/mol. The second-order valence-corrected chi connectivity index (χ2v) is 12.0. The fraction of sp³-hybridized carbons (Fsp3) is 0.320. The molecule has 5 N–H and O–H groups in total. The summed E-state index contributed by atoms with van der Waals surface area (Å²) in [4.78, 5) is 25.2. The van der Waals surface area contributed by atoms with Crippen LogP contribution in [-0.4, -0.2) is 41.4 Å². The van der Waals surface area contributed by atoms with Crippen molar-refractivity contribution in [3.05, 3.63) is 53.1 Å². The van der Waals surface area contributed by atoms with E-state index in [0.29, 0.717) is 28.5 Å². The van der Waals surface area contributed by atoms with Crippen molar-refractivity contribution in [2.75, 3.05) is 9.79 Å². The maximum atomic E-state index is 14.0. The molecule has 0 saturated carbocycles. The van der Waals surface area contributed by atoms with Gasteiger partial charge in [-0.2, -0.15) is 17.9 Å². The van der Waals surface area contributed by atoms with Gasteiger partial charge in [0, 0.05) is 30.5 Å². The number of aliphatic hydroxyl groups excluding tert-OH is 1. The van der Waals surface area contributed by atoms with Gasteiger partial charge in [-0.3, -0.25) is 19.5 Å². The first kappa shape index (κ1) is 27.5. The molecule has 4 rings (SSSR count). The van der Waals surface area contributed by atoms with Crippen molar-refractivity contribution in [1.82, 2.24) is 4.72 Å². The number of hydrogen-bond acceptors (Lipinski definition) is 10. The maximum Gasteiger partial charge on any atom is 0.323 e. The zero-order valence-corrected chi connectivity index (χ0v) is 22.8. The number of amidine groups is 1. The summed E-state index contributed by atoms with van der Waals surface area (Å²) < 4.78 is 32.2. The molecule has 1 unspecified atom stereocenters. The Kier molecular flexibility index (Phi) is 7.21. The number of phenolic OH excluding ortho intramolecular Hbond substituents is 1. The number of aliphatic hydroxyl groups is 1. The van der Waals surface area contributed by atoms with E-state index in [1.807, 2.05) is 0 Å². The number of rotatable bonds is 7. The minimum absolute atomic E-state index is 0.0967. The number of phenols is 1. The molecule has 2 aliphatic rings. The molecule has 1 atom stereocenters. The van der Waals surface area contributed by atoms with Gasteiger partial charge in [0.2, 0.25) is 5.91 Å². The standard InChI is InChI=1S/C25H28N4O7S2/c1-13(2)9-10-25(4)17-8-6-5-7-16(17)22(32)20(23(25)33)24-26-37-19-12-15(11-18(31)21(19)29(24)34)28-38(35,36)27-14(3)30/h5-8,11-13,28,31-32,34H,9-10H2,1-4H3,(H,27,30). The lowest BCUT2D eigenvalue weighted by Gasteiger charge is -2.37. The van der Waals surface area contributed by atoms with E-state index in [0.717, 1.165) is 31.4 Å². The number of nitrogens with one attached hydrogen (secondary N) is 2. The molecule has 1 amide bonds. The van der Waals surface area contributed by atoms with E-state index in [2.05, 4.69) is 23.0 Å². The summed E-state index contributed by atoms with van der Waals surface area (Å²) in [6.07, 6.45) is 1.25. The molecule has 1 heterocycles. The van der Waals surface area contributed by atoms with Gasteiger partial charge in [-0.05, 0) is 37.3 Å². The molecular formula is C25H28N4O7S2. The molecule has 0 fully saturated rings. The largest absolute Gasteiger partial charge is 0.506 e. The van der Waals surface area contributed by atoms with Gasteiger partial charge in [-0.1, -0.05) is 38.1 Å². The van der Waals surface area contributed by atoms with E-state index in [1.54, 1.807) is 35.9 Å². The van der Waals surface area contributed by atoms with Crippen molar-refractivity contribution in [3.8, 4) is 5.75 Å². The van der Waals surface area contributed by atoms with Crippen LogP contribution in [0.25, 0.3) is 5.76 Å². The summed E-state index contributed by atoms with van der Waals surface area (Å²) in [5, 5.41) is 33.5. The Balaban J connectivity index is 1.76. The summed E-state index contributed by atoms with van der Waals surface area (Å²) in [6.45, 7) is 6.94. The fourth-order valence-corrected chi connectivity index (χ4v) is 6.21. The van der Waals surface area contributed by atoms with Crippen LogP contribution in [0.15, 0.2) is 51.3 Å². The third-order valence-corrected chi connectivity index (χ3v) is 8.25. The highest BCUT2D eigenvalue weighted by Crippen LogP contribution is 2.48. The molecule has 11 nitrogen and oxygen atoms in total. The number of carbonyl (C=O) groups is 2. The first-order valence-corrected chi connectivity index (χ1v) is 14.0.